The molecular weight excluding hydrogens is 294 g/mol. The van der Waals surface area contributed by atoms with Gasteiger partial charge in [-0.25, -0.2) is 4.79 Å². The lowest BCUT2D eigenvalue weighted by molar-refractivity contribution is -0.119. The Hall–Kier alpha value is -2.24. The maximum atomic E-state index is 12.2. The number of hydrogen-bond donors (Lipinski definition) is 2. The van der Waals surface area contributed by atoms with E-state index in [9.17, 15) is 9.59 Å². The first-order chi connectivity index (χ1) is 11.1. The number of ether oxygens (including phenoxy) is 1. The summed E-state index contributed by atoms with van der Waals surface area (Å²) >= 11 is 0. The first-order valence-corrected chi connectivity index (χ1v) is 8.16. The summed E-state index contributed by atoms with van der Waals surface area (Å²) in [6, 6.07) is 6.08. The highest BCUT2D eigenvalue weighted by Crippen LogP contribution is 2.25. The second-order valence-electron chi connectivity index (χ2n) is 6.18. The molecule has 23 heavy (non-hydrogen) atoms. The molecule has 1 fully saturated rings. The Balaban J connectivity index is 1.50. The molecule has 2 aliphatic rings. The molecule has 124 valence electrons. The molecule has 3 amide bonds. The molecule has 1 saturated heterocycles. The summed E-state index contributed by atoms with van der Waals surface area (Å²) in [5.74, 6) is 0.914. The predicted octanol–water partition coefficient (Wildman–Crippen LogP) is 1.43. The molecule has 2 N–H and O–H groups in total. The lowest BCUT2D eigenvalue weighted by Gasteiger charge is -2.19. The third kappa shape index (κ3) is 3.94. The molecular formula is C17H23N3O3. The summed E-state index contributed by atoms with van der Waals surface area (Å²) < 4.78 is 5.60. The number of likely N-dealkylation sites (tertiary alicyclic amines) is 1. The van der Waals surface area contributed by atoms with E-state index >= 15 is 0 Å². The normalized spacial score (nSPS) is 19.7. The molecule has 1 aromatic rings. The van der Waals surface area contributed by atoms with Gasteiger partial charge >= 0.3 is 6.03 Å². The summed E-state index contributed by atoms with van der Waals surface area (Å²) in [7, 11) is 0. The number of fused-ring (bicyclic) bond motifs is 1. The number of carbonyl (C=O) groups excluding carboxylic acids is 2. The summed E-state index contributed by atoms with van der Waals surface area (Å²) in [4.78, 5) is 25.0. The lowest BCUT2D eigenvalue weighted by atomic mass is 10.0. The first-order valence-electron chi connectivity index (χ1n) is 8.16. The standard InChI is InChI=1S/C17H23N3O3/c1-12(21)19-15-6-7-20(11-15)17(22)18-10-13-4-5-16-14(9-13)3-2-8-23-16/h4-5,9,15H,2-3,6-8,10-11H2,1H3,(H,18,22)(H,19,21). The number of urea groups is 1. The van der Waals surface area contributed by atoms with Crippen molar-refractivity contribution in [1.29, 1.82) is 0 Å². The fraction of sp³-hybridized carbons (Fsp3) is 0.529. The quantitative estimate of drug-likeness (QED) is 0.886. The Morgan fingerprint density at radius 2 is 2.26 bits per heavy atom. The van der Waals surface area contributed by atoms with E-state index < -0.39 is 0 Å². The van der Waals surface area contributed by atoms with E-state index in [0.29, 0.717) is 19.6 Å². The van der Waals surface area contributed by atoms with Crippen LogP contribution in [-0.2, 0) is 17.8 Å². The predicted molar refractivity (Wildman–Crippen MR) is 86.3 cm³/mol. The van der Waals surface area contributed by atoms with Gasteiger partial charge in [0.05, 0.1) is 6.61 Å². The SMILES string of the molecule is CC(=O)NC1CCN(C(=O)NCc2ccc3c(c2)CCCO3)C1. The Morgan fingerprint density at radius 1 is 1.39 bits per heavy atom. The maximum absolute atomic E-state index is 12.2. The van der Waals surface area contributed by atoms with E-state index in [1.54, 1.807) is 4.90 Å². The minimum absolute atomic E-state index is 0.0477. The highest BCUT2D eigenvalue weighted by Gasteiger charge is 2.26. The van der Waals surface area contributed by atoms with E-state index in [4.69, 9.17) is 4.74 Å². The molecule has 0 spiro atoms. The van der Waals surface area contributed by atoms with Crippen molar-refractivity contribution < 1.29 is 14.3 Å². The monoisotopic (exact) mass is 317 g/mol. The second kappa shape index (κ2) is 6.89. The molecule has 1 aromatic carbocycles. The largest absolute Gasteiger partial charge is 0.493 e. The Labute approximate surface area is 136 Å². The number of aryl methyl sites for hydroxylation is 1. The van der Waals surface area contributed by atoms with Gasteiger partial charge < -0.3 is 20.3 Å². The molecule has 0 saturated carbocycles. The first kappa shape index (κ1) is 15.6. The van der Waals surface area contributed by atoms with E-state index in [1.807, 2.05) is 12.1 Å². The highest BCUT2D eigenvalue weighted by atomic mass is 16.5. The fourth-order valence-corrected chi connectivity index (χ4v) is 3.16. The topological polar surface area (TPSA) is 70.7 Å². The molecule has 1 unspecified atom stereocenters. The van der Waals surface area contributed by atoms with Crippen molar-refractivity contribution in [2.75, 3.05) is 19.7 Å². The third-order valence-corrected chi connectivity index (χ3v) is 4.30. The van der Waals surface area contributed by atoms with Gasteiger partial charge in [0, 0.05) is 32.6 Å². The average molecular weight is 317 g/mol. The van der Waals surface area contributed by atoms with Gasteiger partial charge in [0.25, 0.3) is 0 Å². The fourth-order valence-electron chi connectivity index (χ4n) is 3.16. The van der Waals surface area contributed by atoms with Crippen LogP contribution in [0, 0.1) is 0 Å². The minimum Gasteiger partial charge on any atom is -0.493 e. The zero-order valence-electron chi connectivity index (χ0n) is 13.4. The van der Waals surface area contributed by atoms with Crippen LogP contribution in [0.4, 0.5) is 4.79 Å². The number of amides is 3. The number of rotatable bonds is 3. The van der Waals surface area contributed by atoms with Gasteiger partial charge in [-0.1, -0.05) is 12.1 Å². The Kier molecular flexibility index (Phi) is 4.69. The summed E-state index contributed by atoms with van der Waals surface area (Å²) in [5, 5.41) is 5.82. The molecule has 1 atom stereocenters. The van der Waals surface area contributed by atoms with Crippen LogP contribution >= 0.6 is 0 Å². The molecule has 0 radical (unpaired) electrons. The van der Waals surface area contributed by atoms with Crippen molar-refractivity contribution in [2.24, 2.45) is 0 Å². The molecule has 0 aliphatic carbocycles. The highest BCUT2D eigenvalue weighted by molar-refractivity contribution is 5.75. The zero-order valence-corrected chi connectivity index (χ0v) is 13.4. The second-order valence-corrected chi connectivity index (χ2v) is 6.18. The zero-order chi connectivity index (χ0) is 16.2. The van der Waals surface area contributed by atoms with Gasteiger partial charge in [0.2, 0.25) is 5.91 Å². The van der Waals surface area contributed by atoms with Gasteiger partial charge in [-0.2, -0.15) is 0 Å². The van der Waals surface area contributed by atoms with Crippen LogP contribution in [0.2, 0.25) is 0 Å². The van der Waals surface area contributed by atoms with Crippen LogP contribution in [0.5, 0.6) is 5.75 Å². The molecule has 2 aliphatic heterocycles. The van der Waals surface area contributed by atoms with Gasteiger partial charge in [-0.05, 0) is 36.5 Å². The van der Waals surface area contributed by atoms with Crippen molar-refractivity contribution in [3.05, 3.63) is 29.3 Å². The summed E-state index contributed by atoms with van der Waals surface area (Å²) in [6.07, 6.45) is 2.88. The van der Waals surface area contributed by atoms with Crippen molar-refractivity contribution in [2.45, 2.75) is 38.8 Å². The average Bonchev–Trinajstić information content (AvgIpc) is 3.00. The van der Waals surface area contributed by atoms with Crippen molar-refractivity contribution in [3.8, 4) is 5.75 Å². The number of nitrogens with one attached hydrogen (secondary N) is 2. The van der Waals surface area contributed by atoms with Crippen LogP contribution in [0.1, 0.15) is 30.9 Å². The summed E-state index contributed by atoms with van der Waals surface area (Å²) in [6.45, 7) is 4.04. The molecule has 2 heterocycles. The van der Waals surface area contributed by atoms with E-state index in [1.165, 1.54) is 12.5 Å². The maximum Gasteiger partial charge on any atom is 0.317 e. The molecule has 6 heteroatoms. The van der Waals surface area contributed by atoms with Crippen LogP contribution in [-0.4, -0.2) is 42.6 Å². The molecule has 3 rings (SSSR count). The van der Waals surface area contributed by atoms with Crippen LogP contribution in [0.3, 0.4) is 0 Å². The van der Waals surface area contributed by atoms with Gasteiger partial charge in [0.1, 0.15) is 5.75 Å². The Morgan fingerprint density at radius 3 is 3.09 bits per heavy atom. The smallest absolute Gasteiger partial charge is 0.317 e. The third-order valence-electron chi connectivity index (χ3n) is 4.30. The van der Waals surface area contributed by atoms with Crippen molar-refractivity contribution >= 4 is 11.9 Å². The van der Waals surface area contributed by atoms with Crippen molar-refractivity contribution in [3.63, 3.8) is 0 Å². The van der Waals surface area contributed by atoms with E-state index in [-0.39, 0.29) is 18.0 Å². The Bertz CT molecular complexity index is 603. The van der Waals surface area contributed by atoms with Crippen LogP contribution in [0.15, 0.2) is 18.2 Å². The molecule has 0 aromatic heterocycles. The van der Waals surface area contributed by atoms with E-state index in [0.717, 1.165) is 37.2 Å². The van der Waals surface area contributed by atoms with Gasteiger partial charge in [-0.3, -0.25) is 4.79 Å². The van der Waals surface area contributed by atoms with Gasteiger partial charge in [-0.15, -0.1) is 0 Å². The summed E-state index contributed by atoms with van der Waals surface area (Å²) in [5.41, 5.74) is 2.30. The van der Waals surface area contributed by atoms with Gasteiger partial charge in [0.15, 0.2) is 0 Å². The van der Waals surface area contributed by atoms with E-state index in [2.05, 4.69) is 16.7 Å². The van der Waals surface area contributed by atoms with Crippen LogP contribution in [0.25, 0.3) is 0 Å². The number of nitrogens with zero attached hydrogens (tertiary/aromatic N) is 1. The molecule has 0 bridgehead atoms. The lowest BCUT2D eigenvalue weighted by Crippen LogP contribution is -2.41. The number of carbonyl (C=O) groups is 2. The van der Waals surface area contributed by atoms with Crippen molar-refractivity contribution in [1.82, 2.24) is 15.5 Å². The minimum atomic E-state index is -0.0770. The molecule has 6 nitrogen and oxygen atoms in total. The number of hydrogen-bond acceptors (Lipinski definition) is 3. The number of benzene rings is 1. The van der Waals surface area contributed by atoms with Crippen LogP contribution < -0.4 is 15.4 Å².